The van der Waals surface area contributed by atoms with Gasteiger partial charge >= 0.3 is 0 Å². The molecule has 0 bridgehead atoms. The summed E-state index contributed by atoms with van der Waals surface area (Å²) < 4.78 is 5.10. The summed E-state index contributed by atoms with van der Waals surface area (Å²) in [5.74, 6) is 0.827. The van der Waals surface area contributed by atoms with Gasteiger partial charge in [-0.05, 0) is 30.2 Å². The lowest BCUT2D eigenvalue weighted by molar-refractivity contribution is 0.186. The molecule has 0 radical (unpaired) electrons. The predicted molar refractivity (Wildman–Crippen MR) is 51.7 cm³/mol. The van der Waals surface area contributed by atoms with Gasteiger partial charge in [0.1, 0.15) is 5.75 Å². The third-order valence-electron chi connectivity index (χ3n) is 2.03. The molecule has 3 heteroatoms. The van der Waals surface area contributed by atoms with Crippen LogP contribution in [0.3, 0.4) is 0 Å². The predicted octanol–water partition coefficient (Wildman–Crippen LogP) is 0.996. The fourth-order valence-electron chi connectivity index (χ4n) is 1.24. The van der Waals surface area contributed by atoms with E-state index in [-0.39, 0.29) is 6.54 Å². The molecule has 0 unspecified atom stereocenters. The molecule has 3 N–H and O–H groups in total. The van der Waals surface area contributed by atoms with Crippen LogP contribution in [0.4, 0.5) is 0 Å². The Bertz CT molecular complexity index is 286. The highest BCUT2D eigenvalue weighted by molar-refractivity contribution is 5.36. The summed E-state index contributed by atoms with van der Waals surface area (Å²) in [6.07, 6.45) is -0.579. The van der Waals surface area contributed by atoms with Crippen molar-refractivity contribution in [2.24, 2.45) is 5.73 Å². The molecule has 3 nitrogen and oxygen atoms in total. The third kappa shape index (κ3) is 2.20. The molecule has 0 aliphatic heterocycles. The van der Waals surface area contributed by atoms with E-state index in [2.05, 4.69) is 0 Å². The van der Waals surface area contributed by atoms with E-state index in [0.717, 1.165) is 16.9 Å². The minimum atomic E-state index is -0.579. The van der Waals surface area contributed by atoms with Crippen LogP contribution in [-0.4, -0.2) is 18.8 Å². The van der Waals surface area contributed by atoms with Crippen molar-refractivity contribution < 1.29 is 9.84 Å². The SMILES string of the molecule is COc1ccc([C@@H](O)CN)cc1C. The maximum absolute atomic E-state index is 9.45. The molecule has 0 saturated carbocycles. The van der Waals surface area contributed by atoms with Gasteiger partial charge in [-0.3, -0.25) is 0 Å². The summed E-state index contributed by atoms with van der Waals surface area (Å²) in [6, 6.07) is 5.54. The molecular formula is C10H15NO2. The Morgan fingerprint density at radius 2 is 2.23 bits per heavy atom. The minimum Gasteiger partial charge on any atom is -0.496 e. The van der Waals surface area contributed by atoms with Crippen molar-refractivity contribution in [3.63, 3.8) is 0 Å². The molecular weight excluding hydrogens is 166 g/mol. The smallest absolute Gasteiger partial charge is 0.121 e. The third-order valence-corrected chi connectivity index (χ3v) is 2.03. The van der Waals surface area contributed by atoms with Crippen molar-refractivity contribution in [1.82, 2.24) is 0 Å². The Morgan fingerprint density at radius 3 is 2.69 bits per heavy atom. The van der Waals surface area contributed by atoms with Crippen LogP contribution in [0.25, 0.3) is 0 Å². The fourth-order valence-corrected chi connectivity index (χ4v) is 1.24. The quantitative estimate of drug-likeness (QED) is 0.731. The maximum atomic E-state index is 9.45. The average Bonchev–Trinajstić information content (AvgIpc) is 2.16. The highest BCUT2D eigenvalue weighted by Crippen LogP contribution is 2.21. The zero-order valence-electron chi connectivity index (χ0n) is 7.95. The molecule has 0 aliphatic carbocycles. The maximum Gasteiger partial charge on any atom is 0.121 e. The summed E-state index contributed by atoms with van der Waals surface area (Å²) in [4.78, 5) is 0. The molecule has 0 aromatic heterocycles. The number of ether oxygens (including phenoxy) is 1. The number of methoxy groups -OCH3 is 1. The minimum absolute atomic E-state index is 0.242. The number of rotatable bonds is 3. The van der Waals surface area contributed by atoms with Gasteiger partial charge in [-0.25, -0.2) is 0 Å². The first-order chi connectivity index (χ1) is 6.19. The largest absolute Gasteiger partial charge is 0.496 e. The van der Waals surface area contributed by atoms with Crippen LogP contribution in [0.1, 0.15) is 17.2 Å². The van der Waals surface area contributed by atoms with Crippen LogP contribution in [0.5, 0.6) is 5.75 Å². The molecule has 72 valence electrons. The van der Waals surface area contributed by atoms with Crippen LogP contribution in [0.2, 0.25) is 0 Å². The normalized spacial score (nSPS) is 12.6. The van der Waals surface area contributed by atoms with Gasteiger partial charge in [0.25, 0.3) is 0 Å². The zero-order valence-corrected chi connectivity index (χ0v) is 7.95. The molecule has 0 saturated heterocycles. The first-order valence-corrected chi connectivity index (χ1v) is 4.21. The average molecular weight is 181 g/mol. The highest BCUT2D eigenvalue weighted by Gasteiger charge is 2.06. The van der Waals surface area contributed by atoms with E-state index in [1.54, 1.807) is 7.11 Å². The molecule has 1 aromatic carbocycles. The first-order valence-electron chi connectivity index (χ1n) is 4.21. The standard InChI is InChI=1S/C10H15NO2/c1-7-5-8(9(12)6-11)3-4-10(7)13-2/h3-5,9,12H,6,11H2,1-2H3/t9-/m0/s1. The Hall–Kier alpha value is -1.06. The Balaban J connectivity index is 2.95. The summed E-state index contributed by atoms with van der Waals surface area (Å²) in [7, 11) is 1.63. The molecule has 1 rings (SSSR count). The van der Waals surface area contributed by atoms with Crippen LogP contribution >= 0.6 is 0 Å². The molecule has 1 atom stereocenters. The second-order valence-electron chi connectivity index (χ2n) is 2.98. The Kier molecular flexibility index (Phi) is 3.28. The van der Waals surface area contributed by atoms with Crippen molar-refractivity contribution in [2.75, 3.05) is 13.7 Å². The van der Waals surface area contributed by atoms with E-state index in [4.69, 9.17) is 10.5 Å². The molecule has 0 aliphatic rings. The van der Waals surface area contributed by atoms with Gasteiger partial charge in [0.2, 0.25) is 0 Å². The van der Waals surface area contributed by atoms with Crippen molar-refractivity contribution in [1.29, 1.82) is 0 Å². The van der Waals surface area contributed by atoms with Crippen LogP contribution in [0.15, 0.2) is 18.2 Å². The first kappa shape index (κ1) is 10.0. The molecule has 1 aromatic rings. The molecule has 0 amide bonds. The van der Waals surface area contributed by atoms with Crippen LogP contribution in [0, 0.1) is 6.92 Å². The zero-order chi connectivity index (χ0) is 9.84. The van der Waals surface area contributed by atoms with Crippen LogP contribution < -0.4 is 10.5 Å². The van der Waals surface area contributed by atoms with Gasteiger partial charge in [0.05, 0.1) is 13.2 Å². The lowest BCUT2D eigenvalue weighted by Gasteiger charge is -2.10. The number of hydrogen-bond donors (Lipinski definition) is 2. The van der Waals surface area contributed by atoms with Gasteiger partial charge in [0, 0.05) is 6.54 Å². The fraction of sp³-hybridized carbons (Fsp3) is 0.400. The van der Waals surface area contributed by atoms with E-state index < -0.39 is 6.10 Å². The number of aliphatic hydroxyl groups is 1. The van der Waals surface area contributed by atoms with E-state index in [9.17, 15) is 5.11 Å². The second-order valence-corrected chi connectivity index (χ2v) is 2.98. The Labute approximate surface area is 78.1 Å². The van der Waals surface area contributed by atoms with Crippen molar-refractivity contribution in [3.8, 4) is 5.75 Å². The molecule has 0 heterocycles. The summed E-state index contributed by atoms with van der Waals surface area (Å²) in [5, 5.41) is 9.45. The summed E-state index contributed by atoms with van der Waals surface area (Å²) >= 11 is 0. The number of aryl methyl sites for hydroxylation is 1. The van der Waals surface area contributed by atoms with Crippen molar-refractivity contribution >= 4 is 0 Å². The molecule has 0 spiro atoms. The Morgan fingerprint density at radius 1 is 1.54 bits per heavy atom. The lowest BCUT2D eigenvalue weighted by atomic mass is 10.1. The van der Waals surface area contributed by atoms with Crippen molar-refractivity contribution in [3.05, 3.63) is 29.3 Å². The van der Waals surface area contributed by atoms with E-state index in [1.165, 1.54) is 0 Å². The van der Waals surface area contributed by atoms with Gasteiger partial charge in [-0.1, -0.05) is 6.07 Å². The van der Waals surface area contributed by atoms with Gasteiger partial charge in [-0.2, -0.15) is 0 Å². The lowest BCUT2D eigenvalue weighted by Crippen LogP contribution is -2.11. The highest BCUT2D eigenvalue weighted by atomic mass is 16.5. The van der Waals surface area contributed by atoms with Gasteiger partial charge < -0.3 is 15.6 Å². The topological polar surface area (TPSA) is 55.5 Å². The monoisotopic (exact) mass is 181 g/mol. The summed E-state index contributed by atoms with van der Waals surface area (Å²) in [6.45, 7) is 2.18. The molecule has 13 heavy (non-hydrogen) atoms. The van der Waals surface area contributed by atoms with E-state index in [1.807, 2.05) is 25.1 Å². The number of nitrogens with two attached hydrogens (primary N) is 1. The summed E-state index contributed by atoms with van der Waals surface area (Å²) in [5.41, 5.74) is 7.18. The van der Waals surface area contributed by atoms with Crippen LogP contribution in [-0.2, 0) is 0 Å². The number of aliphatic hydroxyl groups excluding tert-OH is 1. The number of benzene rings is 1. The van der Waals surface area contributed by atoms with Crippen molar-refractivity contribution in [2.45, 2.75) is 13.0 Å². The second kappa shape index (κ2) is 4.25. The molecule has 0 fully saturated rings. The van der Waals surface area contributed by atoms with Gasteiger partial charge in [-0.15, -0.1) is 0 Å². The number of hydrogen-bond acceptors (Lipinski definition) is 3. The van der Waals surface area contributed by atoms with E-state index >= 15 is 0 Å². The van der Waals surface area contributed by atoms with Gasteiger partial charge in [0.15, 0.2) is 0 Å². The van der Waals surface area contributed by atoms with E-state index in [0.29, 0.717) is 0 Å².